The number of aromatic nitrogens is 1. The Morgan fingerprint density at radius 3 is 2.77 bits per heavy atom. The lowest BCUT2D eigenvalue weighted by Crippen LogP contribution is -2.71. The Kier molecular flexibility index (Phi) is 6.07. The molecular weight excluding hydrogens is 438 g/mol. The van der Waals surface area contributed by atoms with E-state index in [0.717, 1.165) is 16.2 Å². The molecule has 0 saturated carbocycles. The van der Waals surface area contributed by atoms with E-state index in [9.17, 15) is 24.3 Å². The van der Waals surface area contributed by atoms with E-state index in [1.165, 1.54) is 23.2 Å². The average Bonchev–Trinajstić information content (AvgIpc) is 3.13. The van der Waals surface area contributed by atoms with Gasteiger partial charge in [0.1, 0.15) is 22.8 Å². The first-order valence-corrected chi connectivity index (χ1v) is 10.1. The Labute approximate surface area is 177 Å². The van der Waals surface area contributed by atoms with Gasteiger partial charge >= 0.3 is 11.9 Å². The van der Waals surface area contributed by atoms with Gasteiger partial charge in [0.2, 0.25) is 6.61 Å². The molecule has 0 aromatic carbocycles. The van der Waals surface area contributed by atoms with Crippen molar-refractivity contribution in [3.05, 3.63) is 35.0 Å². The van der Waals surface area contributed by atoms with Crippen LogP contribution in [-0.4, -0.2) is 73.3 Å². The fourth-order valence-corrected chi connectivity index (χ4v) is 4.65. The molecule has 1 saturated heterocycles. The molecule has 2 aliphatic heterocycles. The normalized spacial score (nSPS) is 20.9. The van der Waals surface area contributed by atoms with Crippen molar-refractivity contribution in [3.8, 4) is 0 Å². The third-order valence-corrected chi connectivity index (χ3v) is 6.03. The van der Waals surface area contributed by atoms with E-state index < -0.39 is 41.8 Å². The number of nitrogens with two attached hydrogens (primary N) is 1. The highest BCUT2D eigenvalue weighted by Gasteiger charge is 2.54. The zero-order valence-electron chi connectivity index (χ0n) is 15.1. The summed E-state index contributed by atoms with van der Waals surface area (Å²) >= 11 is 2.30. The first kappa shape index (κ1) is 21.3. The number of hydrogen-bond acceptors (Lipinski definition) is 10. The van der Waals surface area contributed by atoms with Gasteiger partial charge in [0.25, 0.3) is 11.8 Å². The van der Waals surface area contributed by atoms with Gasteiger partial charge in [-0.25, -0.2) is 14.6 Å². The van der Waals surface area contributed by atoms with Crippen LogP contribution in [0.4, 0.5) is 5.13 Å². The summed E-state index contributed by atoms with van der Waals surface area (Å²) in [6, 6.07) is -1.01. The predicted octanol–water partition coefficient (Wildman–Crippen LogP) is -0.545. The molecule has 158 valence electrons. The van der Waals surface area contributed by atoms with E-state index in [1.807, 2.05) is 0 Å². The molecular formula is C16H15N5O7S2. The first-order chi connectivity index (χ1) is 14.2. The summed E-state index contributed by atoms with van der Waals surface area (Å²) in [5.41, 5.74) is 5.48. The topological polar surface area (TPSA) is 185 Å². The number of aliphatic carboxylic acids is 2. The second kappa shape index (κ2) is 8.54. The van der Waals surface area contributed by atoms with Gasteiger partial charge in [-0.2, -0.15) is 0 Å². The molecule has 0 spiro atoms. The Morgan fingerprint density at radius 1 is 1.47 bits per heavy atom. The van der Waals surface area contributed by atoms with E-state index >= 15 is 0 Å². The largest absolute Gasteiger partial charge is 0.479 e. The van der Waals surface area contributed by atoms with Crippen LogP contribution in [0.25, 0.3) is 0 Å². The number of carboxylic acid groups (broad SMARTS) is 2. The van der Waals surface area contributed by atoms with Gasteiger partial charge in [0.05, 0.1) is 0 Å². The van der Waals surface area contributed by atoms with Crippen LogP contribution in [0.2, 0.25) is 0 Å². The summed E-state index contributed by atoms with van der Waals surface area (Å²) in [5.74, 6) is -3.72. The minimum atomic E-state index is -1.30. The van der Waals surface area contributed by atoms with Crippen molar-refractivity contribution in [2.75, 3.05) is 18.1 Å². The first-order valence-electron chi connectivity index (χ1n) is 8.22. The fourth-order valence-electron chi connectivity index (χ4n) is 2.76. The molecule has 0 radical (unpaired) electrons. The Balaban J connectivity index is 1.79. The number of nitrogens with zero attached hydrogens (tertiary/aromatic N) is 3. The summed E-state index contributed by atoms with van der Waals surface area (Å²) < 4.78 is 0. The smallest absolute Gasteiger partial charge is 0.352 e. The van der Waals surface area contributed by atoms with Crippen LogP contribution in [0.15, 0.2) is 34.5 Å². The molecule has 30 heavy (non-hydrogen) atoms. The van der Waals surface area contributed by atoms with Gasteiger partial charge in [-0.15, -0.1) is 23.1 Å². The molecule has 2 aliphatic rings. The maximum Gasteiger partial charge on any atom is 0.352 e. The number of nitrogens with one attached hydrogen (secondary N) is 1. The van der Waals surface area contributed by atoms with Crippen LogP contribution in [0.1, 0.15) is 5.69 Å². The summed E-state index contributed by atoms with van der Waals surface area (Å²) in [6.07, 6.45) is 1.38. The molecule has 12 nitrogen and oxygen atoms in total. The van der Waals surface area contributed by atoms with Crippen LogP contribution >= 0.6 is 23.1 Å². The minimum absolute atomic E-state index is 0.0420. The number of carbonyl (C=O) groups excluding carboxylic acids is 2. The third kappa shape index (κ3) is 3.99. The number of thioether (sulfide) groups is 1. The van der Waals surface area contributed by atoms with E-state index in [-0.39, 0.29) is 22.2 Å². The monoisotopic (exact) mass is 453 g/mol. The number of amides is 2. The van der Waals surface area contributed by atoms with Gasteiger partial charge in [-0.3, -0.25) is 14.5 Å². The van der Waals surface area contributed by atoms with Gasteiger partial charge in [-0.05, 0) is 5.57 Å². The van der Waals surface area contributed by atoms with Crippen molar-refractivity contribution in [2.45, 2.75) is 11.4 Å². The zero-order valence-corrected chi connectivity index (χ0v) is 16.7. The maximum atomic E-state index is 12.7. The molecule has 1 aromatic heterocycles. The Morgan fingerprint density at radius 2 is 2.20 bits per heavy atom. The molecule has 0 bridgehead atoms. The standard InChI is InChI=1S/C16H15N5O7S2/c1-2-6-4-29-14-10(13(25)21(14)11(6)15(26)27)19-12(24)9(20-28-3-8(22)23)7-5-30-16(17)18-7/h2,5,10,14H,1,3-4H2,(H2,17,18)(H,19,24)(H,22,23)(H,26,27)/b20-9-/t10-,14+/m1/s1. The summed E-state index contributed by atoms with van der Waals surface area (Å²) in [4.78, 5) is 57.1. The van der Waals surface area contributed by atoms with Crippen LogP contribution in [0.3, 0.4) is 0 Å². The quantitative estimate of drug-likeness (QED) is 0.226. The van der Waals surface area contributed by atoms with Gasteiger partial charge in [0, 0.05) is 11.1 Å². The number of allylic oxidation sites excluding steroid dienone is 1. The number of oxime groups is 1. The van der Waals surface area contributed by atoms with E-state index in [0.29, 0.717) is 11.3 Å². The number of carboxylic acids is 2. The molecule has 0 unspecified atom stereocenters. The molecule has 5 N–H and O–H groups in total. The van der Waals surface area contributed by atoms with Crippen LogP contribution in [0, 0.1) is 0 Å². The minimum Gasteiger partial charge on any atom is -0.479 e. The molecule has 3 rings (SSSR count). The molecule has 2 atom stereocenters. The maximum absolute atomic E-state index is 12.7. The Bertz CT molecular complexity index is 1000. The lowest BCUT2D eigenvalue weighted by Gasteiger charge is -2.49. The number of thiazole rings is 1. The number of carbonyl (C=O) groups is 4. The number of nitrogen functional groups attached to an aromatic ring is 1. The summed E-state index contributed by atoms with van der Waals surface area (Å²) in [5, 5.41) is 25.0. The van der Waals surface area contributed by atoms with E-state index in [1.54, 1.807) is 0 Å². The van der Waals surface area contributed by atoms with Gasteiger partial charge < -0.3 is 26.1 Å². The number of hydrogen-bond donors (Lipinski definition) is 4. The SMILES string of the molecule is C=CC1=C(C(=O)O)N2C(=O)[C@@H](NC(=O)/C(=N\OCC(=O)O)c3csc(N)n3)[C@@H]2SC1. The molecule has 14 heteroatoms. The van der Waals surface area contributed by atoms with Gasteiger partial charge in [0.15, 0.2) is 10.8 Å². The number of β-lactam (4-membered cyclic amide) rings is 1. The highest BCUT2D eigenvalue weighted by Crippen LogP contribution is 2.40. The Hall–Kier alpha value is -3.39. The van der Waals surface area contributed by atoms with Crippen molar-refractivity contribution in [1.82, 2.24) is 15.2 Å². The second-order valence-electron chi connectivity index (χ2n) is 5.92. The highest BCUT2D eigenvalue weighted by molar-refractivity contribution is 8.00. The lowest BCUT2D eigenvalue weighted by atomic mass is 10.0. The van der Waals surface area contributed by atoms with E-state index in [2.05, 4.69) is 26.9 Å². The number of anilines is 1. The summed E-state index contributed by atoms with van der Waals surface area (Å²) in [7, 11) is 0. The number of rotatable bonds is 8. The molecule has 2 amide bonds. The van der Waals surface area contributed by atoms with Crippen molar-refractivity contribution >= 4 is 57.7 Å². The van der Waals surface area contributed by atoms with Crippen molar-refractivity contribution in [1.29, 1.82) is 0 Å². The third-order valence-electron chi connectivity index (χ3n) is 4.06. The predicted molar refractivity (Wildman–Crippen MR) is 107 cm³/mol. The average molecular weight is 453 g/mol. The van der Waals surface area contributed by atoms with Crippen molar-refractivity contribution in [3.63, 3.8) is 0 Å². The fraction of sp³-hybridized carbons (Fsp3) is 0.250. The van der Waals surface area contributed by atoms with E-state index in [4.69, 9.17) is 10.8 Å². The highest BCUT2D eigenvalue weighted by atomic mass is 32.2. The van der Waals surface area contributed by atoms with Crippen LogP contribution in [-0.2, 0) is 24.0 Å². The molecule has 1 fully saturated rings. The molecule has 0 aliphatic carbocycles. The summed E-state index contributed by atoms with van der Waals surface area (Å²) in [6.45, 7) is 2.77. The lowest BCUT2D eigenvalue weighted by molar-refractivity contribution is -0.150. The van der Waals surface area contributed by atoms with Crippen LogP contribution < -0.4 is 11.1 Å². The molecule has 1 aromatic rings. The second-order valence-corrected chi connectivity index (χ2v) is 7.92. The van der Waals surface area contributed by atoms with Crippen molar-refractivity contribution in [2.24, 2.45) is 5.16 Å². The van der Waals surface area contributed by atoms with Crippen molar-refractivity contribution < 1.29 is 34.2 Å². The van der Waals surface area contributed by atoms with Crippen LogP contribution in [0.5, 0.6) is 0 Å². The number of fused-ring (bicyclic) bond motifs is 1. The van der Waals surface area contributed by atoms with Gasteiger partial charge in [-0.1, -0.05) is 17.8 Å². The molecule has 3 heterocycles. The zero-order chi connectivity index (χ0) is 22.0.